The average molecular weight is 156 g/mol. The van der Waals surface area contributed by atoms with E-state index in [1.165, 1.54) is 0 Å². The van der Waals surface area contributed by atoms with Crippen LogP contribution in [0.4, 0.5) is 0 Å². The Balaban J connectivity index is 3.16. The van der Waals surface area contributed by atoms with E-state index in [0.29, 0.717) is 6.61 Å². The van der Waals surface area contributed by atoms with Crippen molar-refractivity contribution in [2.24, 2.45) is 0 Å². The first-order valence-electron chi connectivity index (χ1n) is 3.41. The molecule has 0 aliphatic carbocycles. The van der Waals surface area contributed by atoms with E-state index in [1.807, 2.05) is 19.8 Å². The molecule has 0 aliphatic rings. The van der Waals surface area contributed by atoms with Gasteiger partial charge in [0.05, 0.1) is 12.7 Å². The Kier molecular flexibility index (Phi) is 5.22. The summed E-state index contributed by atoms with van der Waals surface area (Å²) in [5, 5.41) is 0. The molecule has 0 atom stereocenters. The Morgan fingerprint density at radius 2 is 2.18 bits per heavy atom. The van der Waals surface area contributed by atoms with Crippen molar-refractivity contribution >= 4 is 5.97 Å². The van der Waals surface area contributed by atoms with Crippen LogP contribution in [0.1, 0.15) is 13.8 Å². The first-order valence-corrected chi connectivity index (χ1v) is 3.41. The van der Waals surface area contributed by atoms with Crippen LogP contribution >= 0.6 is 0 Å². The number of esters is 1. The van der Waals surface area contributed by atoms with Gasteiger partial charge in [-0.15, -0.1) is 6.42 Å². The van der Waals surface area contributed by atoms with E-state index in [1.54, 1.807) is 0 Å². The topological polar surface area (TPSA) is 35.5 Å². The highest BCUT2D eigenvalue weighted by molar-refractivity contribution is 5.87. The van der Waals surface area contributed by atoms with Crippen molar-refractivity contribution in [3.8, 4) is 12.3 Å². The second-order valence-electron chi connectivity index (χ2n) is 2.20. The minimum Gasteiger partial charge on any atom is -0.454 e. The van der Waals surface area contributed by atoms with Gasteiger partial charge < -0.3 is 9.47 Å². The lowest BCUT2D eigenvalue weighted by Gasteiger charge is -2.05. The zero-order valence-corrected chi connectivity index (χ0v) is 6.79. The van der Waals surface area contributed by atoms with E-state index in [4.69, 9.17) is 11.2 Å². The molecule has 0 spiro atoms. The highest BCUT2D eigenvalue weighted by Crippen LogP contribution is 1.87. The highest BCUT2D eigenvalue weighted by Gasteiger charge is 1.96. The molecule has 0 saturated carbocycles. The number of hydrogen-bond acceptors (Lipinski definition) is 3. The number of terminal acetylenes is 1. The number of carbonyl (C=O) groups is 1. The molecule has 0 rings (SSSR count). The molecule has 0 radical (unpaired) electrons. The van der Waals surface area contributed by atoms with Crippen LogP contribution in [-0.2, 0) is 14.3 Å². The quantitative estimate of drug-likeness (QED) is 0.258. The molecule has 0 heterocycles. The van der Waals surface area contributed by atoms with E-state index in [2.05, 4.69) is 4.74 Å². The maximum absolute atomic E-state index is 10.3. The van der Waals surface area contributed by atoms with Crippen LogP contribution in [0.25, 0.3) is 0 Å². The van der Waals surface area contributed by atoms with Crippen LogP contribution < -0.4 is 0 Å². The minimum atomic E-state index is -0.641. The molecule has 0 bridgehead atoms. The summed E-state index contributed by atoms with van der Waals surface area (Å²) in [5.74, 6) is 1.20. The van der Waals surface area contributed by atoms with Crippen LogP contribution in [0.2, 0.25) is 0 Å². The molecule has 0 aromatic carbocycles. The van der Waals surface area contributed by atoms with Gasteiger partial charge in [-0.1, -0.05) is 0 Å². The summed E-state index contributed by atoms with van der Waals surface area (Å²) < 4.78 is 9.63. The molecule has 62 valence electrons. The Hall–Kier alpha value is -1.01. The van der Waals surface area contributed by atoms with E-state index in [-0.39, 0.29) is 12.7 Å². The van der Waals surface area contributed by atoms with Crippen LogP contribution in [0, 0.1) is 12.3 Å². The summed E-state index contributed by atoms with van der Waals surface area (Å²) in [4.78, 5) is 10.3. The first-order chi connectivity index (χ1) is 5.16. The standard InChI is InChI=1S/C8H12O3/c1-4-8(9)11-6-5-10-7(2)3/h1,7H,5-6H2,2-3H3. The summed E-state index contributed by atoms with van der Waals surface area (Å²) in [6.45, 7) is 4.43. The molecule has 3 heteroatoms. The predicted octanol–water partition coefficient (Wildman–Crippen LogP) is 0.588. The first kappa shape index (κ1) is 9.99. The van der Waals surface area contributed by atoms with E-state index >= 15 is 0 Å². The summed E-state index contributed by atoms with van der Waals surface area (Å²) in [5.41, 5.74) is 0. The van der Waals surface area contributed by atoms with Crippen LogP contribution in [0.3, 0.4) is 0 Å². The van der Waals surface area contributed by atoms with Crippen molar-refractivity contribution in [1.82, 2.24) is 0 Å². The third-order valence-corrected chi connectivity index (χ3v) is 0.886. The minimum absolute atomic E-state index is 0.152. The fraction of sp³-hybridized carbons (Fsp3) is 0.625. The molecular weight excluding hydrogens is 144 g/mol. The van der Waals surface area contributed by atoms with Crippen molar-refractivity contribution in [1.29, 1.82) is 0 Å². The summed E-state index contributed by atoms with van der Waals surface area (Å²) in [7, 11) is 0. The van der Waals surface area contributed by atoms with Gasteiger partial charge in [0.15, 0.2) is 0 Å². The average Bonchev–Trinajstić information content (AvgIpc) is 1.97. The summed E-state index contributed by atoms with van der Waals surface area (Å²) in [6.07, 6.45) is 4.90. The van der Waals surface area contributed by atoms with Crippen LogP contribution in [0.5, 0.6) is 0 Å². The van der Waals surface area contributed by atoms with Crippen molar-refractivity contribution in [2.75, 3.05) is 13.2 Å². The number of rotatable bonds is 4. The summed E-state index contributed by atoms with van der Waals surface area (Å²) >= 11 is 0. The maximum atomic E-state index is 10.3. The smallest absolute Gasteiger partial charge is 0.384 e. The fourth-order valence-corrected chi connectivity index (χ4v) is 0.460. The van der Waals surface area contributed by atoms with Crippen molar-refractivity contribution in [2.45, 2.75) is 20.0 Å². The summed E-state index contributed by atoms with van der Waals surface area (Å²) in [6, 6.07) is 0. The second-order valence-corrected chi connectivity index (χ2v) is 2.20. The predicted molar refractivity (Wildman–Crippen MR) is 40.9 cm³/mol. The number of carbonyl (C=O) groups excluding carboxylic acids is 1. The fourth-order valence-electron chi connectivity index (χ4n) is 0.460. The Morgan fingerprint density at radius 3 is 2.64 bits per heavy atom. The van der Waals surface area contributed by atoms with Gasteiger partial charge in [0, 0.05) is 5.92 Å². The molecule has 0 aromatic rings. The highest BCUT2D eigenvalue weighted by atomic mass is 16.6. The lowest BCUT2D eigenvalue weighted by molar-refractivity contribution is -0.138. The van der Waals surface area contributed by atoms with Gasteiger partial charge in [-0.2, -0.15) is 0 Å². The molecule has 0 unspecified atom stereocenters. The third kappa shape index (κ3) is 6.88. The Morgan fingerprint density at radius 1 is 1.55 bits per heavy atom. The van der Waals surface area contributed by atoms with Gasteiger partial charge in [0.2, 0.25) is 0 Å². The molecule has 0 fully saturated rings. The van der Waals surface area contributed by atoms with Gasteiger partial charge >= 0.3 is 5.97 Å². The van der Waals surface area contributed by atoms with Gasteiger partial charge in [-0.3, -0.25) is 0 Å². The normalized spacial score (nSPS) is 9.27. The Labute approximate surface area is 66.7 Å². The van der Waals surface area contributed by atoms with Crippen LogP contribution in [-0.4, -0.2) is 25.3 Å². The SMILES string of the molecule is C#CC(=O)OCCOC(C)C. The molecule has 0 amide bonds. The third-order valence-electron chi connectivity index (χ3n) is 0.886. The molecule has 0 N–H and O–H groups in total. The number of hydrogen-bond donors (Lipinski definition) is 0. The molecule has 0 saturated heterocycles. The molecular formula is C8H12O3. The van der Waals surface area contributed by atoms with Gasteiger partial charge in [0.25, 0.3) is 0 Å². The van der Waals surface area contributed by atoms with Crippen molar-refractivity contribution in [3.05, 3.63) is 0 Å². The molecule has 11 heavy (non-hydrogen) atoms. The monoisotopic (exact) mass is 156 g/mol. The maximum Gasteiger partial charge on any atom is 0.384 e. The van der Waals surface area contributed by atoms with E-state index in [9.17, 15) is 4.79 Å². The lowest BCUT2D eigenvalue weighted by atomic mass is 10.5. The van der Waals surface area contributed by atoms with Crippen LogP contribution in [0.15, 0.2) is 0 Å². The number of ether oxygens (including phenoxy) is 2. The van der Waals surface area contributed by atoms with Gasteiger partial charge in [0.1, 0.15) is 6.61 Å². The lowest BCUT2D eigenvalue weighted by Crippen LogP contribution is -2.12. The van der Waals surface area contributed by atoms with Crippen molar-refractivity contribution in [3.63, 3.8) is 0 Å². The second kappa shape index (κ2) is 5.75. The molecule has 0 aromatic heterocycles. The largest absolute Gasteiger partial charge is 0.454 e. The van der Waals surface area contributed by atoms with E-state index < -0.39 is 5.97 Å². The van der Waals surface area contributed by atoms with Gasteiger partial charge in [-0.25, -0.2) is 4.79 Å². The zero-order valence-electron chi connectivity index (χ0n) is 6.79. The molecule has 3 nitrogen and oxygen atoms in total. The Bertz CT molecular complexity index is 155. The van der Waals surface area contributed by atoms with E-state index in [0.717, 1.165) is 0 Å². The van der Waals surface area contributed by atoms with Crippen molar-refractivity contribution < 1.29 is 14.3 Å². The molecule has 0 aliphatic heterocycles. The zero-order chi connectivity index (χ0) is 8.69. The van der Waals surface area contributed by atoms with Gasteiger partial charge in [-0.05, 0) is 13.8 Å².